The maximum atomic E-state index is 11.4. The van der Waals surface area contributed by atoms with Gasteiger partial charge < -0.3 is 10.2 Å². The Labute approximate surface area is 85.2 Å². The van der Waals surface area contributed by atoms with Crippen molar-refractivity contribution in [3.05, 3.63) is 24.3 Å². The van der Waals surface area contributed by atoms with Crippen molar-refractivity contribution in [2.24, 2.45) is 0 Å². The standard InChI is InChI=1S/C11H14N2O.H2/c1-13-8-4-7-11(14)12-9-5-2-3-6-10(9)13;/h2-3,5-6H,4,7-8H2,1H3,(H,12,14);1H. The van der Waals surface area contributed by atoms with Gasteiger partial charge in [0.1, 0.15) is 0 Å². The SMILES string of the molecule is CN1CCCC(=O)Nc2ccccc21.[HH]. The van der Waals surface area contributed by atoms with E-state index in [4.69, 9.17) is 0 Å². The van der Waals surface area contributed by atoms with Gasteiger partial charge >= 0.3 is 0 Å². The Hall–Kier alpha value is -1.51. The first-order chi connectivity index (χ1) is 6.77. The van der Waals surface area contributed by atoms with E-state index in [0.29, 0.717) is 6.42 Å². The second kappa shape index (κ2) is 3.70. The summed E-state index contributed by atoms with van der Waals surface area (Å²) < 4.78 is 0. The lowest BCUT2D eigenvalue weighted by molar-refractivity contribution is -0.116. The zero-order chi connectivity index (χ0) is 9.97. The van der Waals surface area contributed by atoms with E-state index >= 15 is 0 Å². The molecule has 1 aliphatic rings. The number of rotatable bonds is 0. The van der Waals surface area contributed by atoms with Gasteiger partial charge in [0, 0.05) is 21.4 Å². The largest absolute Gasteiger partial charge is 0.373 e. The minimum atomic E-state index is 0. The van der Waals surface area contributed by atoms with Crippen LogP contribution in [0.4, 0.5) is 11.4 Å². The summed E-state index contributed by atoms with van der Waals surface area (Å²) in [5.41, 5.74) is 2.01. The molecular weight excluding hydrogens is 176 g/mol. The fourth-order valence-corrected chi connectivity index (χ4v) is 1.72. The molecule has 3 heteroatoms. The highest BCUT2D eigenvalue weighted by Crippen LogP contribution is 2.26. The number of benzene rings is 1. The average Bonchev–Trinajstić information content (AvgIpc) is 2.16. The summed E-state index contributed by atoms with van der Waals surface area (Å²) in [5.74, 6) is 0.116. The third-order valence-electron chi connectivity index (χ3n) is 2.49. The molecule has 1 N–H and O–H groups in total. The molecule has 0 unspecified atom stereocenters. The number of anilines is 2. The van der Waals surface area contributed by atoms with Crippen LogP contribution >= 0.6 is 0 Å². The molecule has 0 aliphatic carbocycles. The van der Waals surface area contributed by atoms with Crippen molar-refractivity contribution in [1.82, 2.24) is 0 Å². The molecule has 1 aliphatic heterocycles. The van der Waals surface area contributed by atoms with Crippen LogP contribution < -0.4 is 10.2 Å². The predicted octanol–water partition coefficient (Wildman–Crippen LogP) is 2.10. The van der Waals surface area contributed by atoms with E-state index in [0.717, 1.165) is 24.3 Å². The van der Waals surface area contributed by atoms with Crippen molar-refractivity contribution >= 4 is 17.3 Å². The van der Waals surface area contributed by atoms with Crippen LogP contribution in [-0.2, 0) is 4.79 Å². The summed E-state index contributed by atoms with van der Waals surface area (Å²) >= 11 is 0. The fourth-order valence-electron chi connectivity index (χ4n) is 1.72. The molecule has 14 heavy (non-hydrogen) atoms. The number of nitrogens with zero attached hydrogens (tertiary/aromatic N) is 1. The number of hydrogen-bond acceptors (Lipinski definition) is 2. The van der Waals surface area contributed by atoms with Crippen molar-refractivity contribution < 1.29 is 6.22 Å². The van der Waals surface area contributed by atoms with Crippen molar-refractivity contribution in [2.75, 3.05) is 23.8 Å². The first-order valence-electron chi connectivity index (χ1n) is 4.87. The van der Waals surface area contributed by atoms with Gasteiger partial charge in [-0.25, -0.2) is 0 Å². The van der Waals surface area contributed by atoms with Crippen molar-refractivity contribution in [3.63, 3.8) is 0 Å². The van der Waals surface area contributed by atoms with Gasteiger partial charge in [-0.1, -0.05) is 12.1 Å². The van der Waals surface area contributed by atoms with E-state index in [1.165, 1.54) is 0 Å². The minimum Gasteiger partial charge on any atom is -0.373 e. The molecule has 0 saturated carbocycles. The third-order valence-corrected chi connectivity index (χ3v) is 2.49. The van der Waals surface area contributed by atoms with Crippen molar-refractivity contribution in [2.45, 2.75) is 12.8 Å². The van der Waals surface area contributed by atoms with Crippen LogP contribution in [-0.4, -0.2) is 19.5 Å². The molecule has 0 saturated heterocycles. The lowest BCUT2D eigenvalue weighted by Crippen LogP contribution is -2.25. The minimum absolute atomic E-state index is 0. The maximum absolute atomic E-state index is 11.4. The summed E-state index contributed by atoms with van der Waals surface area (Å²) in [6.07, 6.45) is 1.52. The van der Waals surface area contributed by atoms with Crippen LogP contribution in [0.2, 0.25) is 0 Å². The summed E-state index contributed by atoms with van der Waals surface area (Å²) in [6.45, 7) is 0.935. The number of hydrogen-bond donors (Lipinski definition) is 1. The van der Waals surface area contributed by atoms with Gasteiger partial charge in [-0.3, -0.25) is 4.79 Å². The lowest BCUT2D eigenvalue weighted by atomic mass is 10.2. The van der Waals surface area contributed by atoms with Crippen LogP contribution in [0, 0.1) is 0 Å². The summed E-state index contributed by atoms with van der Waals surface area (Å²) in [5, 5.41) is 2.91. The molecule has 76 valence electrons. The Bertz CT molecular complexity index is 354. The van der Waals surface area contributed by atoms with Crippen LogP contribution in [0.3, 0.4) is 0 Å². The number of para-hydroxylation sites is 2. The van der Waals surface area contributed by atoms with Gasteiger partial charge in [0.15, 0.2) is 0 Å². The zero-order valence-electron chi connectivity index (χ0n) is 8.29. The first-order valence-corrected chi connectivity index (χ1v) is 4.87. The van der Waals surface area contributed by atoms with Gasteiger partial charge in [-0.15, -0.1) is 0 Å². The van der Waals surface area contributed by atoms with Crippen molar-refractivity contribution in [3.8, 4) is 0 Å². The van der Waals surface area contributed by atoms with Crippen LogP contribution in [0.1, 0.15) is 14.3 Å². The molecule has 0 atom stereocenters. The molecule has 0 radical (unpaired) electrons. The number of nitrogens with one attached hydrogen (secondary N) is 1. The Kier molecular flexibility index (Phi) is 2.39. The van der Waals surface area contributed by atoms with Crippen molar-refractivity contribution in [1.29, 1.82) is 0 Å². The summed E-state index contributed by atoms with van der Waals surface area (Å²) in [7, 11) is 2.05. The molecule has 1 aromatic carbocycles. The van der Waals surface area contributed by atoms with E-state index in [9.17, 15) is 4.79 Å². The van der Waals surface area contributed by atoms with Gasteiger partial charge in [0.2, 0.25) is 5.91 Å². The van der Waals surface area contributed by atoms with E-state index in [2.05, 4.69) is 17.3 Å². The second-order valence-electron chi connectivity index (χ2n) is 3.59. The average molecular weight is 192 g/mol. The highest BCUT2D eigenvalue weighted by molar-refractivity contribution is 5.94. The molecule has 1 amide bonds. The highest BCUT2D eigenvalue weighted by atomic mass is 16.1. The maximum Gasteiger partial charge on any atom is 0.224 e. The molecular formula is C11H16N2O. The predicted molar refractivity (Wildman–Crippen MR) is 59.7 cm³/mol. The number of carbonyl (C=O) groups excluding carboxylic acids is 1. The second-order valence-corrected chi connectivity index (χ2v) is 3.59. The number of carbonyl (C=O) groups is 1. The molecule has 2 rings (SSSR count). The van der Waals surface area contributed by atoms with Gasteiger partial charge in [0.05, 0.1) is 11.4 Å². The van der Waals surface area contributed by atoms with Crippen LogP contribution in [0.5, 0.6) is 0 Å². The Morgan fingerprint density at radius 3 is 3.07 bits per heavy atom. The quantitative estimate of drug-likeness (QED) is 0.682. The molecule has 0 aromatic heterocycles. The van der Waals surface area contributed by atoms with Gasteiger partial charge in [-0.2, -0.15) is 0 Å². The monoisotopic (exact) mass is 192 g/mol. The fraction of sp³-hybridized carbons (Fsp3) is 0.364. The lowest BCUT2D eigenvalue weighted by Gasteiger charge is -2.24. The summed E-state index contributed by atoms with van der Waals surface area (Å²) in [6, 6.07) is 7.90. The first kappa shape index (κ1) is 9.06. The molecule has 0 fully saturated rings. The topological polar surface area (TPSA) is 32.3 Å². The van der Waals surface area contributed by atoms with E-state index in [-0.39, 0.29) is 7.33 Å². The van der Waals surface area contributed by atoms with E-state index in [1.54, 1.807) is 0 Å². The molecule has 3 nitrogen and oxygen atoms in total. The normalized spacial score (nSPS) is 16.6. The highest BCUT2D eigenvalue weighted by Gasteiger charge is 2.13. The molecule has 0 bridgehead atoms. The van der Waals surface area contributed by atoms with E-state index in [1.807, 2.05) is 24.3 Å². The van der Waals surface area contributed by atoms with E-state index < -0.39 is 0 Å². The third kappa shape index (κ3) is 1.71. The molecule has 1 aromatic rings. The Balaban J connectivity index is 0.00000112. The number of fused-ring (bicyclic) bond motifs is 1. The van der Waals surface area contributed by atoms with Gasteiger partial charge in [-0.05, 0) is 18.6 Å². The van der Waals surface area contributed by atoms with Crippen LogP contribution in [0.25, 0.3) is 0 Å². The van der Waals surface area contributed by atoms with Gasteiger partial charge in [0.25, 0.3) is 0 Å². The number of amides is 1. The smallest absolute Gasteiger partial charge is 0.224 e. The Morgan fingerprint density at radius 2 is 2.21 bits per heavy atom. The zero-order valence-corrected chi connectivity index (χ0v) is 8.29. The molecule has 1 heterocycles. The molecule has 0 spiro atoms. The summed E-state index contributed by atoms with van der Waals surface area (Å²) in [4.78, 5) is 13.6. The Morgan fingerprint density at radius 1 is 1.43 bits per heavy atom. The van der Waals surface area contributed by atoms with Crippen LogP contribution in [0.15, 0.2) is 24.3 Å².